The highest BCUT2D eigenvalue weighted by Gasteiger charge is 2.35. The normalized spacial score (nSPS) is 13.6. The van der Waals surface area contributed by atoms with Gasteiger partial charge in [-0.15, -0.1) is 0 Å². The number of halogens is 3. The summed E-state index contributed by atoms with van der Waals surface area (Å²) in [5.74, 6) is -1.52. The summed E-state index contributed by atoms with van der Waals surface area (Å²) in [6.07, 6.45) is -3.30. The Labute approximate surface area is 164 Å². The van der Waals surface area contributed by atoms with Gasteiger partial charge in [-0.25, -0.2) is 9.19 Å². The molecule has 1 heterocycles. The quantitative estimate of drug-likeness (QED) is 0.687. The number of alkyl halides is 3. The zero-order chi connectivity index (χ0) is 21.2. The van der Waals surface area contributed by atoms with Crippen molar-refractivity contribution in [3.63, 3.8) is 0 Å². The molecular weight excluding hydrogens is 409 g/mol. The molecule has 3 rings (SSSR count). The van der Waals surface area contributed by atoms with Gasteiger partial charge in [-0.1, -0.05) is 12.1 Å². The van der Waals surface area contributed by atoms with E-state index in [1.165, 1.54) is 37.6 Å². The molecule has 0 saturated carbocycles. The fraction of sp³-hybridized carbons (Fsp3) is 0.167. The van der Waals surface area contributed by atoms with Crippen LogP contribution >= 0.6 is 0 Å². The molecule has 3 aromatic rings. The molecule has 2 aromatic carbocycles. The SMILES string of the molecule is COc1ccc(S(C)(=O)=NC(=O)c2ccc(-c3n[nH]c(C(F)(F)F)n3)cc2)cc1. The van der Waals surface area contributed by atoms with Crippen LogP contribution in [0.1, 0.15) is 16.2 Å². The second-order valence-electron chi connectivity index (χ2n) is 5.96. The maximum absolute atomic E-state index is 12.8. The van der Waals surface area contributed by atoms with Crippen molar-refractivity contribution in [1.29, 1.82) is 0 Å². The smallest absolute Gasteiger partial charge is 0.451 e. The first-order valence-electron chi connectivity index (χ1n) is 8.11. The number of ether oxygens (including phenoxy) is 1. The fourth-order valence-corrected chi connectivity index (χ4v) is 3.54. The van der Waals surface area contributed by atoms with Gasteiger partial charge in [0.25, 0.3) is 5.91 Å². The van der Waals surface area contributed by atoms with E-state index >= 15 is 0 Å². The van der Waals surface area contributed by atoms with Gasteiger partial charge in [0.15, 0.2) is 5.82 Å². The number of hydrogen-bond donors (Lipinski definition) is 1. The van der Waals surface area contributed by atoms with Gasteiger partial charge in [0.2, 0.25) is 5.82 Å². The topological polar surface area (TPSA) is 97.3 Å². The van der Waals surface area contributed by atoms with E-state index in [4.69, 9.17) is 4.74 Å². The van der Waals surface area contributed by atoms with Gasteiger partial charge < -0.3 is 4.74 Å². The van der Waals surface area contributed by atoms with E-state index in [0.717, 1.165) is 0 Å². The number of rotatable bonds is 4. The largest absolute Gasteiger partial charge is 0.497 e. The third-order valence-corrected chi connectivity index (χ3v) is 5.56. The molecule has 0 fully saturated rings. The Balaban J connectivity index is 1.83. The van der Waals surface area contributed by atoms with Gasteiger partial charge in [-0.2, -0.15) is 22.6 Å². The van der Waals surface area contributed by atoms with Crippen LogP contribution in [0.3, 0.4) is 0 Å². The molecule has 7 nitrogen and oxygen atoms in total. The molecule has 1 atom stereocenters. The predicted molar refractivity (Wildman–Crippen MR) is 98.9 cm³/mol. The molecule has 0 bridgehead atoms. The number of benzene rings is 2. The van der Waals surface area contributed by atoms with Gasteiger partial charge in [-0.05, 0) is 36.4 Å². The van der Waals surface area contributed by atoms with Crippen LogP contribution in [0.25, 0.3) is 11.4 Å². The summed E-state index contributed by atoms with van der Waals surface area (Å²) in [5, 5.41) is 5.34. The fourth-order valence-electron chi connectivity index (χ4n) is 2.37. The first-order valence-corrected chi connectivity index (χ1v) is 10.0. The van der Waals surface area contributed by atoms with Crippen molar-refractivity contribution in [2.45, 2.75) is 11.1 Å². The maximum atomic E-state index is 12.8. The van der Waals surface area contributed by atoms with Crippen molar-refractivity contribution in [3.05, 3.63) is 59.9 Å². The average Bonchev–Trinajstić information content (AvgIpc) is 3.18. The number of amides is 1. The minimum Gasteiger partial charge on any atom is -0.497 e. The zero-order valence-corrected chi connectivity index (χ0v) is 16.0. The summed E-state index contributed by atoms with van der Waals surface area (Å²) >= 11 is 0. The maximum Gasteiger partial charge on any atom is 0.451 e. The molecule has 1 unspecified atom stereocenters. The number of aromatic amines is 1. The van der Waals surface area contributed by atoms with Crippen molar-refractivity contribution in [3.8, 4) is 17.1 Å². The molecule has 11 heteroatoms. The number of nitrogens with one attached hydrogen (secondary N) is 1. The predicted octanol–water partition coefficient (Wildman–Crippen LogP) is 3.80. The lowest BCUT2D eigenvalue weighted by Crippen LogP contribution is -2.07. The minimum atomic E-state index is -4.64. The van der Waals surface area contributed by atoms with Crippen molar-refractivity contribution >= 4 is 15.6 Å². The van der Waals surface area contributed by atoms with E-state index in [-0.39, 0.29) is 17.0 Å². The van der Waals surface area contributed by atoms with Gasteiger partial charge in [0.1, 0.15) is 5.75 Å². The van der Waals surface area contributed by atoms with Gasteiger partial charge in [0, 0.05) is 22.3 Å². The zero-order valence-electron chi connectivity index (χ0n) is 15.2. The second-order valence-corrected chi connectivity index (χ2v) is 8.22. The molecule has 0 aliphatic heterocycles. The van der Waals surface area contributed by atoms with Crippen LogP contribution in [0, 0.1) is 0 Å². The minimum absolute atomic E-state index is 0.128. The van der Waals surface area contributed by atoms with Crippen LogP contribution in [0.2, 0.25) is 0 Å². The Morgan fingerprint density at radius 1 is 1.10 bits per heavy atom. The first-order chi connectivity index (χ1) is 13.6. The standard InChI is InChI=1S/C18H15F3N4O3S/c1-28-13-7-9-14(10-8-13)29(2,27)25-16(26)12-5-3-11(4-6-12)15-22-17(24-23-15)18(19,20)21/h3-10H,1-2H3,(H,22,23,24). The first kappa shape index (κ1) is 20.5. The molecule has 0 aliphatic rings. The summed E-state index contributed by atoms with van der Waals surface area (Å²) in [5.41, 5.74) is 0.407. The van der Waals surface area contributed by atoms with Gasteiger partial charge in [-0.3, -0.25) is 9.89 Å². The second kappa shape index (κ2) is 7.66. The van der Waals surface area contributed by atoms with Crippen LogP contribution in [-0.2, 0) is 15.9 Å². The number of carbonyl (C=O) groups is 1. The molecule has 0 aliphatic carbocycles. The van der Waals surface area contributed by atoms with Crippen LogP contribution < -0.4 is 4.74 Å². The lowest BCUT2D eigenvalue weighted by molar-refractivity contribution is -0.144. The molecule has 0 spiro atoms. The van der Waals surface area contributed by atoms with E-state index in [9.17, 15) is 22.2 Å². The molecule has 152 valence electrons. The van der Waals surface area contributed by atoms with Crippen LogP contribution in [-0.4, -0.2) is 38.7 Å². The number of H-pyrrole nitrogens is 1. The number of hydrogen-bond acceptors (Lipinski definition) is 5. The summed E-state index contributed by atoms with van der Waals surface area (Å²) in [6.45, 7) is 0. The highest BCUT2D eigenvalue weighted by atomic mass is 32.2. The van der Waals surface area contributed by atoms with Crippen molar-refractivity contribution in [1.82, 2.24) is 15.2 Å². The number of aromatic nitrogens is 3. The summed E-state index contributed by atoms with van der Waals surface area (Å²) in [7, 11) is -1.49. The van der Waals surface area contributed by atoms with E-state index in [1.807, 2.05) is 5.10 Å². The third kappa shape index (κ3) is 4.62. The summed E-state index contributed by atoms with van der Waals surface area (Å²) < 4.78 is 59.4. The van der Waals surface area contributed by atoms with E-state index < -0.39 is 27.6 Å². The monoisotopic (exact) mass is 424 g/mol. The van der Waals surface area contributed by atoms with Crippen LogP contribution in [0.15, 0.2) is 57.8 Å². The molecular formula is C18H15F3N4O3S. The third-order valence-electron chi connectivity index (χ3n) is 3.90. The number of methoxy groups -OCH3 is 1. The summed E-state index contributed by atoms with van der Waals surface area (Å²) in [4.78, 5) is 16.1. The average molecular weight is 424 g/mol. The van der Waals surface area contributed by atoms with Gasteiger partial charge in [0.05, 0.1) is 16.8 Å². The number of carbonyl (C=O) groups excluding carboxylic acids is 1. The highest BCUT2D eigenvalue weighted by Crippen LogP contribution is 2.27. The van der Waals surface area contributed by atoms with E-state index in [2.05, 4.69) is 14.4 Å². The molecule has 29 heavy (non-hydrogen) atoms. The van der Waals surface area contributed by atoms with Crippen LogP contribution in [0.5, 0.6) is 5.75 Å². The number of nitrogens with zero attached hydrogens (tertiary/aromatic N) is 3. The van der Waals surface area contributed by atoms with Gasteiger partial charge >= 0.3 is 6.18 Å². The molecule has 1 aromatic heterocycles. The van der Waals surface area contributed by atoms with Crippen molar-refractivity contribution in [2.75, 3.05) is 13.4 Å². The Kier molecular flexibility index (Phi) is 5.42. The summed E-state index contributed by atoms with van der Waals surface area (Å²) in [6, 6.07) is 11.8. The Morgan fingerprint density at radius 3 is 2.24 bits per heavy atom. The lowest BCUT2D eigenvalue weighted by atomic mass is 10.1. The molecule has 0 radical (unpaired) electrons. The Hall–Kier alpha value is -3.21. The molecule has 0 saturated heterocycles. The molecule has 1 N–H and O–H groups in total. The van der Waals surface area contributed by atoms with E-state index in [1.54, 1.807) is 24.3 Å². The highest BCUT2D eigenvalue weighted by molar-refractivity contribution is 7.93. The van der Waals surface area contributed by atoms with Crippen molar-refractivity contribution in [2.24, 2.45) is 4.36 Å². The van der Waals surface area contributed by atoms with E-state index in [0.29, 0.717) is 10.6 Å². The Morgan fingerprint density at radius 2 is 1.72 bits per heavy atom. The molecule has 1 amide bonds. The van der Waals surface area contributed by atoms with Crippen LogP contribution in [0.4, 0.5) is 13.2 Å². The Bertz CT molecular complexity index is 1150. The van der Waals surface area contributed by atoms with Crippen molar-refractivity contribution < 1.29 is 26.9 Å². The lowest BCUT2D eigenvalue weighted by Gasteiger charge is -2.06.